The van der Waals surface area contributed by atoms with Crippen LogP contribution in [0.15, 0.2) is 66.7 Å². The Morgan fingerprint density at radius 2 is 1.71 bits per heavy atom. The standard InChI is InChI=1S/C27H27NO3/c1-18(2)23-15-24(26(14-19(23)3)31-17-20-8-6-5-7-9-20)27(29)25(16-28)21-10-12-22(30-4)13-11-21/h5-15,18,25H,17H2,1-4H3. The molecule has 0 aliphatic rings. The highest BCUT2D eigenvalue weighted by atomic mass is 16.5. The molecule has 0 N–H and O–H groups in total. The van der Waals surface area contributed by atoms with Crippen LogP contribution in [-0.4, -0.2) is 12.9 Å². The highest BCUT2D eigenvalue weighted by molar-refractivity contribution is 6.05. The van der Waals surface area contributed by atoms with E-state index in [0.717, 1.165) is 16.7 Å². The van der Waals surface area contributed by atoms with Crippen LogP contribution in [0.1, 0.15) is 58.3 Å². The van der Waals surface area contributed by atoms with Gasteiger partial charge in [-0.05, 0) is 59.4 Å². The zero-order chi connectivity index (χ0) is 22.4. The SMILES string of the molecule is COc1ccc(C(C#N)C(=O)c2cc(C(C)C)c(C)cc2OCc2ccccc2)cc1. The second kappa shape index (κ2) is 9.95. The zero-order valence-corrected chi connectivity index (χ0v) is 18.4. The van der Waals surface area contributed by atoms with Gasteiger partial charge in [-0.1, -0.05) is 56.3 Å². The monoisotopic (exact) mass is 413 g/mol. The topological polar surface area (TPSA) is 59.3 Å². The minimum Gasteiger partial charge on any atom is -0.497 e. The fourth-order valence-electron chi connectivity index (χ4n) is 3.60. The number of hydrogen-bond donors (Lipinski definition) is 0. The summed E-state index contributed by atoms with van der Waals surface area (Å²) in [7, 11) is 1.58. The average Bonchev–Trinajstić information content (AvgIpc) is 2.79. The Morgan fingerprint density at radius 3 is 2.29 bits per heavy atom. The summed E-state index contributed by atoms with van der Waals surface area (Å²) in [5.74, 6) is 0.239. The number of rotatable bonds is 8. The lowest BCUT2D eigenvalue weighted by molar-refractivity contribution is 0.0974. The molecule has 31 heavy (non-hydrogen) atoms. The van der Waals surface area contributed by atoms with Crippen LogP contribution in [0, 0.1) is 18.3 Å². The quantitative estimate of drug-likeness (QED) is 0.413. The number of carbonyl (C=O) groups excluding carboxylic acids is 1. The molecule has 0 spiro atoms. The Bertz CT molecular complexity index is 1080. The number of ether oxygens (including phenoxy) is 2. The van der Waals surface area contributed by atoms with Gasteiger partial charge in [0.25, 0.3) is 0 Å². The Morgan fingerprint density at radius 1 is 1.03 bits per heavy atom. The Kier molecular flexibility index (Phi) is 7.10. The summed E-state index contributed by atoms with van der Waals surface area (Å²) in [6, 6.07) is 22.8. The summed E-state index contributed by atoms with van der Waals surface area (Å²) in [5.41, 5.74) is 4.22. The smallest absolute Gasteiger partial charge is 0.188 e. The lowest BCUT2D eigenvalue weighted by Gasteiger charge is -2.18. The van der Waals surface area contributed by atoms with Gasteiger partial charge in [0.05, 0.1) is 18.7 Å². The third kappa shape index (κ3) is 5.13. The summed E-state index contributed by atoms with van der Waals surface area (Å²) < 4.78 is 11.3. The molecule has 4 heteroatoms. The van der Waals surface area contributed by atoms with E-state index in [0.29, 0.717) is 29.2 Å². The molecule has 0 amide bonds. The van der Waals surface area contributed by atoms with Crippen LogP contribution >= 0.6 is 0 Å². The maximum Gasteiger partial charge on any atom is 0.188 e. The number of aryl methyl sites for hydroxylation is 1. The molecular formula is C27H27NO3. The van der Waals surface area contributed by atoms with Gasteiger partial charge in [0, 0.05) is 0 Å². The van der Waals surface area contributed by atoms with E-state index in [1.807, 2.05) is 49.4 Å². The molecule has 1 unspecified atom stereocenters. The first-order valence-corrected chi connectivity index (χ1v) is 10.3. The molecule has 0 bridgehead atoms. The summed E-state index contributed by atoms with van der Waals surface area (Å²) in [5, 5.41) is 9.83. The molecule has 3 aromatic rings. The van der Waals surface area contributed by atoms with Crippen LogP contribution in [0.25, 0.3) is 0 Å². The Hall–Kier alpha value is -3.58. The van der Waals surface area contributed by atoms with Crippen LogP contribution in [0.4, 0.5) is 0 Å². The molecule has 0 saturated carbocycles. The van der Waals surface area contributed by atoms with Gasteiger partial charge in [-0.15, -0.1) is 0 Å². The first-order valence-electron chi connectivity index (χ1n) is 10.3. The number of ketones is 1. The first kappa shape index (κ1) is 22.1. The van der Waals surface area contributed by atoms with Crippen LogP contribution in [-0.2, 0) is 6.61 Å². The Balaban J connectivity index is 1.99. The number of carbonyl (C=O) groups is 1. The maximum atomic E-state index is 13.5. The van der Waals surface area contributed by atoms with E-state index in [4.69, 9.17) is 9.47 Å². The van der Waals surface area contributed by atoms with Crippen molar-refractivity contribution in [2.24, 2.45) is 0 Å². The third-order valence-corrected chi connectivity index (χ3v) is 5.33. The lowest BCUT2D eigenvalue weighted by atomic mass is 9.88. The second-order valence-electron chi connectivity index (χ2n) is 7.83. The predicted octanol–water partition coefficient (Wildman–Crippen LogP) is 6.20. The van der Waals surface area contributed by atoms with Crippen molar-refractivity contribution in [2.75, 3.05) is 7.11 Å². The first-order chi connectivity index (χ1) is 14.9. The lowest BCUT2D eigenvalue weighted by Crippen LogP contribution is -2.14. The summed E-state index contributed by atoms with van der Waals surface area (Å²) in [6.45, 7) is 6.55. The third-order valence-electron chi connectivity index (χ3n) is 5.33. The number of nitrogens with zero attached hydrogens (tertiary/aromatic N) is 1. The van der Waals surface area contributed by atoms with Crippen molar-refractivity contribution in [1.82, 2.24) is 0 Å². The molecule has 4 nitrogen and oxygen atoms in total. The second-order valence-corrected chi connectivity index (χ2v) is 7.83. The van der Waals surface area contributed by atoms with Crippen molar-refractivity contribution in [3.05, 3.63) is 94.5 Å². The van der Waals surface area contributed by atoms with E-state index in [-0.39, 0.29) is 11.7 Å². The van der Waals surface area contributed by atoms with Crippen molar-refractivity contribution in [3.63, 3.8) is 0 Å². The molecule has 0 aliphatic carbocycles. The molecule has 0 heterocycles. The van der Waals surface area contributed by atoms with E-state index in [1.54, 1.807) is 31.4 Å². The highest BCUT2D eigenvalue weighted by Gasteiger charge is 2.26. The van der Waals surface area contributed by atoms with Gasteiger partial charge in [-0.2, -0.15) is 5.26 Å². The fraction of sp³-hybridized carbons (Fsp3) is 0.259. The number of hydrogen-bond acceptors (Lipinski definition) is 4. The number of Topliss-reactive ketones (excluding diaryl/α,β-unsaturated/α-hetero) is 1. The molecule has 3 rings (SSSR count). The normalized spacial score (nSPS) is 11.6. The summed E-state index contributed by atoms with van der Waals surface area (Å²) >= 11 is 0. The molecule has 0 aromatic heterocycles. The van der Waals surface area contributed by atoms with Gasteiger partial charge in [0.2, 0.25) is 0 Å². The van der Waals surface area contributed by atoms with Crippen molar-refractivity contribution in [2.45, 2.75) is 39.2 Å². The number of nitriles is 1. The van der Waals surface area contributed by atoms with Crippen molar-refractivity contribution in [3.8, 4) is 17.6 Å². The van der Waals surface area contributed by atoms with Crippen molar-refractivity contribution in [1.29, 1.82) is 5.26 Å². The number of benzene rings is 3. The van der Waals surface area contributed by atoms with Gasteiger partial charge in [-0.25, -0.2) is 0 Å². The maximum absolute atomic E-state index is 13.5. The van der Waals surface area contributed by atoms with Gasteiger partial charge in [0.1, 0.15) is 24.0 Å². The van der Waals surface area contributed by atoms with Gasteiger partial charge in [-0.3, -0.25) is 4.79 Å². The minimum absolute atomic E-state index is 0.247. The summed E-state index contributed by atoms with van der Waals surface area (Å²) in [6.07, 6.45) is 0. The summed E-state index contributed by atoms with van der Waals surface area (Å²) in [4.78, 5) is 13.5. The van der Waals surface area contributed by atoms with E-state index in [2.05, 4.69) is 19.9 Å². The minimum atomic E-state index is -0.923. The molecule has 1 atom stereocenters. The molecule has 0 radical (unpaired) electrons. The highest BCUT2D eigenvalue weighted by Crippen LogP contribution is 2.33. The van der Waals surface area contributed by atoms with Crippen LogP contribution < -0.4 is 9.47 Å². The zero-order valence-electron chi connectivity index (χ0n) is 18.4. The van der Waals surface area contributed by atoms with Crippen LogP contribution in [0.2, 0.25) is 0 Å². The average molecular weight is 414 g/mol. The molecule has 0 fully saturated rings. The van der Waals surface area contributed by atoms with E-state index >= 15 is 0 Å². The van der Waals surface area contributed by atoms with E-state index < -0.39 is 5.92 Å². The fourth-order valence-corrected chi connectivity index (χ4v) is 3.60. The molecule has 3 aromatic carbocycles. The van der Waals surface area contributed by atoms with E-state index in [1.165, 1.54) is 0 Å². The molecular weight excluding hydrogens is 386 g/mol. The van der Waals surface area contributed by atoms with Gasteiger partial charge >= 0.3 is 0 Å². The van der Waals surface area contributed by atoms with Gasteiger partial charge < -0.3 is 9.47 Å². The van der Waals surface area contributed by atoms with Crippen LogP contribution in [0.5, 0.6) is 11.5 Å². The van der Waals surface area contributed by atoms with Crippen molar-refractivity contribution >= 4 is 5.78 Å². The Labute approximate surface area is 184 Å². The number of methoxy groups -OCH3 is 1. The molecule has 0 aliphatic heterocycles. The largest absolute Gasteiger partial charge is 0.497 e. The molecule has 158 valence electrons. The van der Waals surface area contributed by atoms with Gasteiger partial charge in [0.15, 0.2) is 5.78 Å². The molecule has 0 saturated heterocycles. The van der Waals surface area contributed by atoms with Crippen LogP contribution in [0.3, 0.4) is 0 Å². The van der Waals surface area contributed by atoms with Crippen molar-refractivity contribution < 1.29 is 14.3 Å². The predicted molar refractivity (Wildman–Crippen MR) is 122 cm³/mol. The van der Waals surface area contributed by atoms with E-state index in [9.17, 15) is 10.1 Å².